The van der Waals surface area contributed by atoms with Gasteiger partial charge >= 0.3 is 0 Å². The highest BCUT2D eigenvalue weighted by Gasteiger charge is 2.19. The second-order valence-corrected chi connectivity index (χ2v) is 7.54. The number of hydrogen-bond donors (Lipinski definition) is 2. The van der Waals surface area contributed by atoms with E-state index >= 15 is 0 Å². The van der Waals surface area contributed by atoms with E-state index in [1.165, 1.54) is 16.7 Å². The third kappa shape index (κ3) is 4.93. The third-order valence-electron chi connectivity index (χ3n) is 5.45. The molecule has 30 heavy (non-hydrogen) atoms. The van der Waals surface area contributed by atoms with Crippen LogP contribution >= 0.6 is 0 Å². The molecule has 3 aromatic rings. The van der Waals surface area contributed by atoms with Crippen LogP contribution in [0.2, 0.25) is 0 Å². The number of carbonyl (C=O) groups excluding carboxylic acids is 1. The summed E-state index contributed by atoms with van der Waals surface area (Å²) in [4.78, 5) is 13.9. The molecule has 1 unspecified atom stereocenters. The molecule has 1 amide bonds. The van der Waals surface area contributed by atoms with Crippen molar-refractivity contribution >= 4 is 12.1 Å². The van der Waals surface area contributed by atoms with Crippen LogP contribution in [0, 0.1) is 0 Å². The predicted molar refractivity (Wildman–Crippen MR) is 118 cm³/mol. The molecule has 0 aliphatic carbocycles. The first kappa shape index (κ1) is 19.9. The zero-order valence-electron chi connectivity index (χ0n) is 17.1. The molecule has 152 valence electrons. The first-order valence-corrected chi connectivity index (χ1v) is 10.2. The van der Waals surface area contributed by atoms with Gasteiger partial charge in [0.25, 0.3) is 5.91 Å². The number of carbonyl (C=O) groups is 1. The number of hydrazone groups is 1. The van der Waals surface area contributed by atoms with E-state index in [1.54, 1.807) is 18.2 Å². The van der Waals surface area contributed by atoms with Gasteiger partial charge in [-0.3, -0.25) is 4.79 Å². The molecule has 1 aliphatic rings. The van der Waals surface area contributed by atoms with E-state index in [0.29, 0.717) is 5.56 Å². The lowest BCUT2D eigenvalue weighted by molar-refractivity contribution is -0.929. The van der Waals surface area contributed by atoms with Crippen molar-refractivity contribution in [3.63, 3.8) is 0 Å². The van der Waals surface area contributed by atoms with Gasteiger partial charge in [-0.05, 0) is 35.4 Å². The number of nitrogens with zero attached hydrogens (tertiary/aromatic N) is 1. The van der Waals surface area contributed by atoms with Crippen molar-refractivity contribution in [1.29, 1.82) is 0 Å². The largest absolute Gasteiger partial charge is 0.497 e. The van der Waals surface area contributed by atoms with E-state index in [9.17, 15) is 4.79 Å². The molecule has 1 aliphatic heterocycles. The molecule has 2 N–H and O–H groups in total. The van der Waals surface area contributed by atoms with Crippen molar-refractivity contribution in [3.8, 4) is 5.75 Å². The fourth-order valence-electron chi connectivity index (χ4n) is 3.81. The van der Waals surface area contributed by atoms with Gasteiger partial charge in [-0.25, -0.2) is 5.43 Å². The number of rotatable bonds is 6. The van der Waals surface area contributed by atoms with E-state index in [4.69, 9.17) is 4.74 Å². The Kier molecular flexibility index (Phi) is 6.20. The maximum Gasteiger partial charge on any atom is 0.271 e. The van der Waals surface area contributed by atoms with Crippen LogP contribution in [-0.2, 0) is 19.5 Å². The van der Waals surface area contributed by atoms with Crippen LogP contribution in [0.1, 0.15) is 32.6 Å². The maximum absolute atomic E-state index is 12.3. The Morgan fingerprint density at radius 3 is 2.67 bits per heavy atom. The maximum atomic E-state index is 12.3. The fourth-order valence-corrected chi connectivity index (χ4v) is 3.81. The van der Waals surface area contributed by atoms with E-state index < -0.39 is 0 Å². The van der Waals surface area contributed by atoms with Crippen molar-refractivity contribution < 1.29 is 14.4 Å². The standard InChI is InChI=1S/C25H25N3O2/c1-30-24-8-4-5-20(15-24)16-26-27-25(29)22-11-9-19(10-12-22)17-28-14-13-21-6-2-3-7-23(21)18-28/h2-12,15-16H,13-14,17-18H2,1H3,(H,27,29)/p+1/b26-16-. The summed E-state index contributed by atoms with van der Waals surface area (Å²) in [7, 11) is 1.62. The van der Waals surface area contributed by atoms with Gasteiger partial charge < -0.3 is 9.64 Å². The predicted octanol–water partition coefficient (Wildman–Crippen LogP) is 2.60. The summed E-state index contributed by atoms with van der Waals surface area (Å²) in [6, 6.07) is 24.0. The highest BCUT2D eigenvalue weighted by Crippen LogP contribution is 2.12. The van der Waals surface area contributed by atoms with E-state index in [0.717, 1.165) is 37.4 Å². The highest BCUT2D eigenvalue weighted by molar-refractivity contribution is 5.94. The second-order valence-electron chi connectivity index (χ2n) is 7.54. The molecule has 4 rings (SSSR count). The Morgan fingerprint density at radius 2 is 1.87 bits per heavy atom. The molecule has 0 fully saturated rings. The molecular formula is C25H26N3O2+. The van der Waals surface area contributed by atoms with E-state index in [-0.39, 0.29) is 5.91 Å². The van der Waals surface area contributed by atoms with Crippen LogP contribution in [0.15, 0.2) is 77.9 Å². The molecule has 0 radical (unpaired) electrons. The molecule has 5 heteroatoms. The monoisotopic (exact) mass is 400 g/mol. The summed E-state index contributed by atoms with van der Waals surface area (Å²) in [5, 5.41) is 4.05. The first-order chi connectivity index (χ1) is 14.7. The normalized spacial score (nSPS) is 15.6. The van der Waals surface area contributed by atoms with Crippen LogP contribution in [0.25, 0.3) is 0 Å². The SMILES string of the molecule is COc1cccc(/C=N\NC(=O)c2ccc(C[NH+]3CCc4ccccc4C3)cc2)c1. The summed E-state index contributed by atoms with van der Waals surface area (Å²) in [6.45, 7) is 3.15. The first-order valence-electron chi connectivity index (χ1n) is 10.2. The quantitative estimate of drug-likeness (QED) is 0.494. The average molecular weight is 401 g/mol. The zero-order valence-corrected chi connectivity index (χ0v) is 17.1. The number of quaternary nitrogens is 1. The summed E-state index contributed by atoms with van der Waals surface area (Å²) in [5.41, 5.74) is 8.20. The zero-order chi connectivity index (χ0) is 20.8. The van der Waals surface area contributed by atoms with Crippen molar-refractivity contribution in [2.75, 3.05) is 13.7 Å². The van der Waals surface area contributed by atoms with Crippen LogP contribution < -0.4 is 15.1 Å². The topological polar surface area (TPSA) is 55.1 Å². The van der Waals surface area contributed by atoms with Crippen molar-refractivity contribution in [2.24, 2.45) is 5.10 Å². The molecule has 0 bridgehead atoms. The Morgan fingerprint density at radius 1 is 1.07 bits per heavy atom. The minimum Gasteiger partial charge on any atom is -0.497 e. The van der Waals surface area contributed by atoms with Gasteiger partial charge in [0.05, 0.1) is 19.9 Å². The van der Waals surface area contributed by atoms with Crippen LogP contribution in [0.4, 0.5) is 0 Å². The number of amides is 1. The van der Waals surface area contributed by atoms with Crippen LogP contribution in [-0.4, -0.2) is 25.8 Å². The van der Waals surface area contributed by atoms with Gasteiger partial charge in [0, 0.05) is 23.1 Å². The van der Waals surface area contributed by atoms with E-state index in [2.05, 4.69) is 34.8 Å². The number of hydrogen-bond acceptors (Lipinski definition) is 3. The fraction of sp³-hybridized carbons (Fsp3) is 0.200. The van der Waals surface area contributed by atoms with Crippen molar-refractivity contribution in [2.45, 2.75) is 19.5 Å². The molecule has 3 aromatic carbocycles. The minimum absolute atomic E-state index is 0.222. The lowest BCUT2D eigenvalue weighted by Gasteiger charge is -2.26. The Balaban J connectivity index is 1.32. The van der Waals surface area contributed by atoms with Gasteiger partial charge in [0.2, 0.25) is 0 Å². The number of fused-ring (bicyclic) bond motifs is 1. The summed E-state index contributed by atoms with van der Waals surface area (Å²) >= 11 is 0. The Labute approximate surface area is 177 Å². The molecule has 0 saturated heterocycles. The Hall–Kier alpha value is -3.44. The smallest absolute Gasteiger partial charge is 0.271 e. The number of methoxy groups -OCH3 is 1. The lowest BCUT2D eigenvalue weighted by atomic mass is 9.99. The summed E-state index contributed by atoms with van der Waals surface area (Å²) in [5.74, 6) is 0.528. The highest BCUT2D eigenvalue weighted by atomic mass is 16.5. The van der Waals surface area contributed by atoms with Crippen molar-refractivity contribution in [1.82, 2.24) is 5.43 Å². The number of benzene rings is 3. The third-order valence-corrected chi connectivity index (χ3v) is 5.45. The molecular weight excluding hydrogens is 374 g/mol. The molecule has 0 aromatic heterocycles. The van der Waals surface area contributed by atoms with Gasteiger partial charge in [-0.1, -0.05) is 48.5 Å². The van der Waals surface area contributed by atoms with Crippen LogP contribution in [0.5, 0.6) is 5.75 Å². The molecule has 0 spiro atoms. The number of nitrogens with one attached hydrogen (secondary N) is 2. The van der Waals surface area contributed by atoms with Crippen LogP contribution in [0.3, 0.4) is 0 Å². The van der Waals surface area contributed by atoms with Crippen molar-refractivity contribution in [3.05, 3.63) is 101 Å². The second kappa shape index (κ2) is 9.37. The van der Waals surface area contributed by atoms with Gasteiger partial charge in [0.1, 0.15) is 18.8 Å². The number of ether oxygens (including phenoxy) is 1. The molecule has 5 nitrogen and oxygen atoms in total. The summed E-state index contributed by atoms with van der Waals surface area (Å²) in [6.07, 6.45) is 2.73. The van der Waals surface area contributed by atoms with Gasteiger partial charge in [0.15, 0.2) is 0 Å². The Bertz CT molecular complexity index is 1040. The lowest BCUT2D eigenvalue weighted by Crippen LogP contribution is -3.10. The molecule has 1 atom stereocenters. The van der Waals surface area contributed by atoms with Gasteiger partial charge in [-0.15, -0.1) is 0 Å². The molecule has 0 saturated carbocycles. The minimum atomic E-state index is -0.222. The average Bonchev–Trinajstić information content (AvgIpc) is 2.79. The van der Waals surface area contributed by atoms with Gasteiger partial charge in [-0.2, -0.15) is 5.10 Å². The summed E-state index contributed by atoms with van der Waals surface area (Å²) < 4.78 is 5.18. The molecule has 1 heterocycles. The van der Waals surface area contributed by atoms with E-state index in [1.807, 2.05) is 48.5 Å².